The Morgan fingerprint density at radius 2 is 1.81 bits per heavy atom. The number of piperazine rings is 1. The van der Waals surface area contributed by atoms with Crippen LogP contribution in [0.25, 0.3) is 5.65 Å². The zero-order valence-corrected chi connectivity index (χ0v) is 16.1. The molecule has 0 aliphatic carbocycles. The van der Waals surface area contributed by atoms with E-state index in [0.717, 1.165) is 56.0 Å². The van der Waals surface area contributed by atoms with Crippen LogP contribution in [0.4, 0.5) is 5.69 Å². The van der Waals surface area contributed by atoms with Gasteiger partial charge in [0.15, 0.2) is 0 Å². The molecule has 0 amide bonds. The van der Waals surface area contributed by atoms with Crippen LogP contribution in [0.3, 0.4) is 0 Å². The number of benzene rings is 1. The summed E-state index contributed by atoms with van der Waals surface area (Å²) in [5.41, 5.74) is 5.08. The van der Waals surface area contributed by atoms with Gasteiger partial charge in [0.25, 0.3) is 5.56 Å². The van der Waals surface area contributed by atoms with Crippen LogP contribution in [-0.2, 0) is 6.42 Å². The number of aromatic nitrogens is 2. The van der Waals surface area contributed by atoms with Gasteiger partial charge in [0.05, 0.1) is 0 Å². The van der Waals surface area contributed by atoms with E-state index in [1.807, 2.05) is 25.1 Å². The van der Waals surface area contributed by atoms with Gasteiger partial charge >= 0.3 is 0 Å². The summed E-state index contributed by atoms with van der Waals surface area (Å²) >= 11 is 0. The first-order valence-corrected chi connectivity index (χ1v) is 9.63. The standard InChI is InChI=1S/C22H26N4O/c1-17-6-5-7-19(16-17)25-14-12-24(13-15-25)11-9-20-18(2)23-21-8-3-4-10-26(21)22(20)27/h3-8,10,16H,9,11-15H2,1-2H3. The molecule has 5 nitrogen and oxygen atoms in total. The minimum absolute atomic E-state index is 0.0662. The van der Waals surface area contributed by atoms with Crippen LogP contribution >= 0.6 is 0 Å². The van der Waals surface area contributed by atoms with Crippen LogP contribution < -0.4 is 10.5 Å². The molecule has 1 saturated heterocycles. The highest BCUT2D eigenvalue weighted by molar-refractivity contribution is 5.48. The van der Waals surface area contributed by atoms with Gasteiger partial charge in [-0.1, -0.05) is 18.2 Å². The largest absolute Gasteiger partial charge is 0.369 e. The molecule has 2 aromatic heterocycles. The SMILES string of the molecule is Cc1cccc(N2CCN(CCc3c(C)nc4ccccn4c3=O)CC2)c1. The maximum Gasteiger partial charge on any atom is 0.261 e. The van der Waals surface area contributed by atoms with E-state index in [-0.39, 0.29) is 5.56 Å². The fraction of sp³-hybridized carbons (Fsp3) is 0.364. The van der Waals surface area contributed by atoms with Gasteiger partial charge in [0.2, 0.25) is 0 Å². The summed E-state index contributed by atoms with van der Waals surface area (Å²) in [5, 5.41) is 0. The second kappa shape index (κ2) is 7.53. The van der Waals surface area contributed by atoms with Gasteiger partial charge in [0.1, 0.15) is 5.65 Å². The summed E-state index contributed by atoms with van der Waals surface area (Å²) in [5.74, 6) is 0. The fourth-order valence-electron chi connectivity index (χ4n) is 3.85. The van der Waals surface area contributed by atoms with Gasteiger partial charge in [-0.15, -0.1) is 0 Å². The highest BCUT2D eigenvalue weighted by Gasteiger charge is 2.18. The second-order valence-electron chi connectivity index (χ2n) is 7.33. The zero-order valence-electron chi connectivity index (χ0n) is 16.1. The normalized spacial score (nSPS) is 15.4. The number of fused-ring (bicyclic) bond motifs is 1. The molecule has 1 fully saturated rings. The Hall–Kier alpha value is -2.66. The molecule has 0 unspecified atom stereocenters. The summed E-state index contributed by atoms with van der Waals surface area (Å²) in [7, 11) is 0. The number of nitrogens with zero attached hydrogens (tertiary/aromatic N) is 4. The zero-order chi connectivity index (χ0) is 18.8. The van der Waals surface area contributed by atoms with Gasteiger partial charge in [-0.05, 0) is 50.1 Å². The number of hydrogen-bond acceptors (Lipinski definition) is 4. The predicted molar refractivity (Wildman–Crippen MR) is 110 cm³/mol. The Bertz CT molecular complexity index is 1000. The molecule has 140 valence electrons. The van der Waals surface area contributed by atoms with Gasteiger partial charge in [0, 0.05) is 55.9 Å². The summed E-state index contributed by atoms with van der Waals surface area (Å²) < 4.78 is 1.65. The molecule has 0 atom stereocenters. The van der Waals surface area contributed by atoms with Crippen LogP contribution in [-0.4, -0.2) is 47.0 Å². The Kier molecular flexibility index (Phi) is 4.94. The van der Waals surface area contributed by atoms with Crippen molar-refractivity contribution in [1.29, 1.82) is 0 Å². The van der Waals surface area contributed by atoms with Crippen molar-refractivity contribution in [1.82, 2.24) is 14.3 Å². The van der Waals surface area contributed by atoms with Gasteiger partial charge in [-0.25, -0.2) is 4.98 Å². The van der Waals surface area contributed by atoms with Crippen LogP contribution in [0.5, 0.6) is 0 Å². The summed E-state index contributed by atoms with van der Waals surface area (Å²) in [4.78, 5) is 22.3. The quantitative estimate of drug-likeness (QED) is 0.716. The van der Waals surface area contributed by atoms with Crippen molar-refractivity contribution >= 4 is 11.3 Å². The Morgan fingerprint density at radius 1 is 1.00 bits per heavy atom. The van der Waals surface area contributed by atoms with Crippen LogP contribution in [0.2, 0.25) is 0 Å². The third-order valence-corrected chi connectivity index (χ3v) is 5.45. The number of anilines is 1. The molecule has 3 heterocycles. The smallest absolute Gasteiger partial charge is 0.261 e. The van der Waals surface area contributed by atoms with Crippen molar-refractivity contribution in [3.8, 4) is 0 Å². The number of aryl methyl sites for hydroxylation is 2. The van der Waals surface area contributed by atoms with E-state index < -0.39 is 0 Å². The van der Waals surface area contributed by atoms with Crippen molar-refractivity contribution < 1.29 is 0 Å². The average molecular weight is 362 g/mol. The maximum atomic E-state index is 12.8. The second-order valence-corrected chi connectivity index (χ2v) is 7.33. The lowest BCUT2D eigenvalue weighted by Crippen LogP contribution is -2.47. The van der Waals surface area contributed by atoms with Crippen molar-refractivity contribution in [3.63, 3.8) is 0 Å². The summed E-state index contributed by atoms with van der Waals surface area (Å²) in [6.07, 6.45) is 2.55. The molecule has 0 saturated carbocycles. The first-order chi connectivity index (χ1) is 13.1. The number of rotatable bonds is 4. The van der Waals surface area contributed by atoms with E-state index in [0.29, 0.717) is 0 Å². The lowest BCUT2D eigenvalue weighted by molar-refractivity contribution is 0.260. The predicted octanol–water partition coefficient (Wildman–Crippen LogP) is 2.68. The van der Waals surface area contributed by atoms with E-state index in [2.05, 4.69) is 46.0 Å². The third kappa shape index (κ3) is 3.74. The molecule has 1 aliphatic heterocycles. The molecule has 0 N–H and O–H groups in total. The Balaban J connectivity index is 1.41. The molecule has 27 heavy (non-hydrogen) atoms. The van der Waals surface area contributed by atoms with Crippen LogP contribution in [0.15, 0.2) is 53.5 Å². The van der Waals surface area contributed by atoms with E-state index in [4.69, 9.17) is 0 Å². The van der Waals surface area contributed by atoms with Crippen LogP contribution in [0, 0.1) is 13.8 Å². The summed E-state index contributed by atoms with van der Waals surface area (Å²) in [6, 6.07) is 14.4. The van der Waals surface area contributed by atoms with Crippen molar-refractivity contribution in [2.24, 2.45) is 0 Å². The molecular formula is C22H26N4O. The monoisotopic (exact) mass is 362 g/mol. The van der Waals surface area contributed by atoms with E-state index in [9.17, 15) is 4.79 Å². The highest BCUT2D eigenvalue weighted by Crippen LogP contribution is 2.18. The number of pyridine rings is 1. The molecule has 5 heteroatoms. The third-order valence-electron chi connectivity index (χ3n) is 5.45. The van der Waals surface area contributed by atoms with Gasteiger partial charge in [-0.2, -0.15) is 0 Å². The van der Waals surface area contributed by atoms with Crippen molar-refractivity contribution in [2.75, 3.05) is 37.6 Å². The topological polar surface area (TPSA) is 40.9 Å². The summed E-state index contributed by atoms with van der Waals surface area (Å²) in [6.45, 7) is 9.08. The fourth-order valence-corrected chi connectivity index (χ4v) is 3.85. The Labute approximate surface area is 159 Å². The van der Waals surface area contributed by atoms with Crippen molar-refractivity contribution in [2.45, 2.75) is 20.3 Å². The molecule has 1 aliphatic rings. The molecule has 0 radical (unpaired) electrons. The first kappa shape index (κ1) is 17.7. The van der Waals surface area contributed by atoms with E-state index in [1.165, 1.54) is 11.3 Å². The maximum absolute atomic E-state index is 12.8. The number of hydrogen-bond donors (Lipinski definition) is 0. The molecule has 4 rings (SSSR count). The lowest BCUT2D eigenvalue weighted by Gasteiger charge is -2.36. The van der Waals surface area contributed by atoms with Gasteiger partial charge in [-0.3, -0.25) is 14.1 Å². The van der Waals surface area contributed by atoms with Gasteiger partial charge < -0.3 is 4.90 Å². The first-order valence-electron chi connectivity index (χ1n) is 9.63. The van der Waals surface area contributed by atoms with Crippen LogP contribution in [0.1, 0.15) is 16.8 Å². The van der Waals surface area contributed by atoms with E-state index in [1.54, 1.807) is 10.6 Å². The minimum atomic E-state index is 0.0662. The molecule has 1 aromatic carbocycles. The average Bonchev–Trinajstić information content (AvgIpc) is 2.68. The minimum Gasteiger partial charge on any atom is -0.369 e. The van der Waals surface area contributed by atoms with Crippen molar-refractivity contribution in [3.05, 3.63) is 75.8 Å². The highest BCUT2D eigenvalue weighted by atomic mass is 16.1. The molecule has 0 bridgehead atoms. The molecular weight excluding hydrogens is 336 g/mol. The molecule has 0 spiro atoms. The van der Waals surface area contributed by atoms with E-state index >= 15 is 0 Å². The molecule has 3 aromatic rings. The lowest BCUT2D eigenvalue weighted by atomic mass is 10.1. The Morgan fingerprint density at radius 3 is 2.59 bits per heavy atom.